The molecule has 2 aromatic rings. The largest absolute Gasteiger partial charge is 0.419 e. The highest BCUT2D eigenvalue weighted by Gasteiger charge is 2.52. The van der Waals surface area contributed by atoms with E-state index < -0.39 is 9.84 Å². The van der Waals surface area contributed by atoms with Gasteiger partial charge in [0.2, 0.25) is 0 Å². The molecule has 0 amide bonds. The minimum absolute atomic E-state index is 0.0810. The number of rotatable bonds is 4. The molecule has 2 fully saturated rings. The number of hydrogen-bond donors (Lipinski definition) is 0. The van der Waals surface area contributed by atoms with Crippen molar-refractivity contribution in [1.82, 2.24) is 14.4 Å². The van der Waals surface area contributed by atoms with Gasteiger partial charge in [0.25, 0.3) is 0 Å². The first kappa shape index (κ1) is 16.8. The number of oxazole rings is 1. The van der Waals surface area contributed by atoms with Gasteiger partial charge >= 0.3 is 5.76 Å². The Labute approximate surface area is 146 Å². The first-order valence-corrected chi connectivity index (χ1v) is 10.3. The van der Waals surface area contributed by atoms with E-state index >= 15 is 0 Å². The second-order valence-electron chi connectivity index (χ2n) is 7.31. The predicted molar refractivity (Wildman–Crippen MR) is 95.5 cm³/mol. The van der Waals surface area contributed by atoms with Crippen LogP contribution in [-0.2, 0) is 16.4 Å². The Balaban J connectivity index is 1.50. The molecule has 2 aliphatic rings. The molecule has 0 unspecified atom stereocenters. The molecule has 4 rings (SSSR count). The van der Waals surface area contributed by atoms with Gasteiger partial charge in [0.05, 0.1) is 16.5 Å². The molecular formula is C17H23N3O4S. The van der Waals surface area contributed by atoms with E-state index in [1.807, 2.05) is 37.2 Å². The molecule has 0 radical (unpaired) electrons. The molecule has 1 aromatic heterocycles. The number of para-hydroxylation sites is 2. The molecule has 2 saturated heterocycles. The third-order valence-corrected chi connectivity index (χ3v) is 7.85. The quantitative estimate of drug-likeness (QED) is 0.773. The van der Waals surface area contributed by atoms with Crippen LogP contribution in [0.25, 0.3) is 11.1 Å². The van der Waals surface area contributed by atoms with Crippen LogP contribution in [0.5, 0.6) is 0 Å². The molecule has 8 heteroatoms. The van der Waals surface area contributed by atoms with Crippen LogP contribution in [0, 0.1) is 5.92 Å². The molecule has 0 aliphatic carbocycles. The van der Waals surface area contributed by atoms with E-state index in [0.29, 0.717) is 25.2 Å². The van der Waals surface area contributed by atoms with Crippen molar-refractivity contribution in [3.63, 3.8) is 0 Å². The molecule has 0 N–H and O–H groups in total. The molecule has 0 bridgehead atoms. The molecule has 3 atom stereocenters. The highest BCUT2D eigenvalue weighted by Crippen LogP contribution is 2.35. The van der Waals surface area contributed by atoms with E-state index in [2.05, 4.69) is 4.90 Å². The summed E-state index contributed by atoms with van der Waals surface area (Å²) in [6.07, 6.45) is 0. The third kappa shape index (κ3) is 2.82. The molecule has 25 heavy (non-hydrogen) atoms. The van der Waals surface area contributed by atoms with Crippen LogP contribution in [0.2, 0.25) is 0 Å². The van der Waals surface area contributed by atoms with Gasteiger partial charge in [0.1, 0.15) is 0 Å². The van der Waals surface area contributed by atoms with Crippen molar-refractivity contribution >= 4 is 20.9 Å². The summed E-state index contributed by atoms with van der Waals surface area (Å²) in [7, 11) is 0.857. The maximum absolute atomic E-state index is 12.4. The van der Waals surface area contributed by atoms with Crippen LogP contribution in [0.15, 0.2) is 33.5 Å². The van der Waals surface area contributed by atoms with Gasteiger partial charge in [0.15, 0.2) is 15.4 Å². The number of aromatic nitrogens is 1. The molecule has 7 nitrogen and oxygen atoms in total. The van der Waals surface area contributed by atoms with Gasteiger partial charge in [-0.2, -0.15) is 0 Å². The zero-order valence-corrected chi connectivity index (χ0v) is 15.3. The molecular weight excluding hydrogens is 342 g/mol. The van der Waals surface area contributed by atoms with Crippen LogP contribution in [0.3, 0.4) is 0 Å². The van der Waals surface area contributed by atoms with E-state index in [0.717, 1.165) is 12.1 Å². The molecule has 0 saturated carbocycles. The maximum Gasteiger partial charge on any atom is 0.419 e. The minimum atomic E-state index is -3.04. The predicted octanol–water partition coefficient (Wildman–Crippen LogP) is 0.254. The summed E-state index contributed by atoms with van der Waals surface area (Å²) in [5.41, 5.74) is 1.37. The molecule has 136 valence electrons. The number of hydrogen-bond acceptors (Lipinski definition) is 6. The number of fused-ring (bicyclic) bond motifs is 2. The first-order valence-electron chi connectivity index (χ1n) is 8.55. The lowest BCUT2D eigenvalue weighted by Gasteiger charge is -2.25. The van der Waals surface area contributed by atoms with Gasteiger partial charge in [-0.15, -0.1) is 0 Å². The van der Waals surface area contributed by atoms with Crippen LogP contribution in [0.1, 0.15) is 0 Å². The summed E-state index contributed by atoms with van der Waals surface area (Å²) in [6.45, 7) is 2.47. The second kappa shape index (κ2) is 5.96. The van der Waals surface area contributed by atoms with Gasteiger partial charge in [-0.25, -0.2) is 13.2 Å². The highest BCUT2D eigenvalue weighted by atomic mass is 32.2. The first-order chi connectivity index (χ1) is 11.9. The topological polar surface area (TPSA) is 75.8 Å². The number of likely N-dealkylation sites (tertiary alicyclic amines) is 1. The number of benzene rings is 1. The Kier molecular flexibility index (Phi) is 4.01. The monoisotopic (exact) mass is 365 g/mol. The Morgan fingerprint density at radius 2 is 1.96 bits per heavy atom. The summed E-state index contributed by atoms with van der Waals surface area (Å²) < 4.78 is 31.8. The lowest BCUT2D eigenvalue weighted by atomic mass is 10.00. The Bertz CT molecular complexity index is 946. The fourth-order valence-corrected chi connectivity index (χ4v) is 6.80. The number of nitrogens with zero attached hydrogens (tertiary/aromatic N) is 3. The average molecular weight is 365 g/mol. The maximum atomic E-state index is 12.4. The fourth-order valence-electron chi connectivity index (χ4n) is 4.30. The summed E-state index contributed by atoms with van der Waals surface area (Å²) in [5.74, 6) is 0.0480. The minimum Gasteiger partial charge on any atom is -0.408 e. The van der Waals surface area contributed by atoms with Crippen molar-refractivity contribution < 1.29 is 12.8 Å². The lowest BCUT2D eigenvalue weighted by Crippen LogP contribution is -2.38. The molecule has 1 aromatic carbocycles. The zero-order chi connectivity index (χ0) is 17.8. The fraction of sp³-hybridized carbons (Fsp3) is 0.588. The standard InChI is InChI=1S/C17H23N3O4S/c1-18(2)14-11-25(22,23)16-10-19(9-12(14)16)7-8-20-13-5-3-4-6-15(13)24-17(20)21/h3-6,12,14,16H,7-11H2,1-2H3/t12-,14+,16-/m0/s1. The normalized spacial score (nSPS) is 28.8. The van der Waals surface area contributed by atoms with Crippen molar-refractivity contribution in [2.45, 2.75) is 17.8 Å². The zero-order valence-electron chi connectivity index (χ0n) is 14.5. The van der Waals surface area contributed by atoms with Crippen molar-refractivity contribution in [3.05, 3.63) is 34.8 Å². The van der Waals surface area contributed by atoms with Gasteiger partial charge in [-0.3, -0.25) is 9.47 Å². The smallest absolute Gasteiger partial charge is 0.408 e. The van der Waals surface area contributed by atoms with Crippen molar-refractivity contribution in [2.24, 2.45) is 5.92 Å². The average Bonchev–Trinajstić information content (AvgIpc) is 3.17. The van der Waals surface area contributed by atoms with Crippen LogP contribution < -0.4 is 5.76 Å². The Morgan fingerprint density at radius 3 is 2.72 bits per heavy atom. The van der Waals surface area contributed by atoms with Gasteiger partial charge in [0, 0.05) is 38.1 Å². The van der Waals surface area contributed by atoms with E-state index in [-0.39, 0.29) is 28.7 Å². The molecule has 0 spiro atoms. The van der Waals surface area contributed by atoms with Gasteiger partial charge < -0.3 is 9.32 Å². The molecule has 2 aliphatic heterocycles. The summed E-state index contributed by atoms with van der Waals surface area (Å²) in [6, 6.07) is 7.44. The SMILES string of the molecule is CN(C)[C@@H]1CS(=O)(=O)[C@H]2CN(CCn3c(=O)oc4ccccc43)C[C@@H]12. The van der Waals surface area contributed by atoms with E-state index in [9.17, 15) is 13.2 Å². The van der Waals surface area contributed by atoms with E-state index in [4.69, 9.17) is 4.42 Å². The Morgan fingerprint density at radius 1 is 1.20 bits per heavy atom. The Hall–Kier alpha value is -1.64. The van der Waals surface area contributed by atoms with E-state index in [1.165, 1.54) is 0 Å². The summed E-state index contributed by atoms with van der Waals surface area (Å²) in [5, 5.41) is -0.280. The highest BCUT2D eigenvalue weighted by molar-refractivity contribution is 7.92. The van der Waals surface area contributed by atoms with Gasteiger partial charge in [-0.05, 0) is 26.2 Å². The molecule has 3 heterocycles. The second-order valence-corrected chi connectivity index (χ2v) is 9.57. The summed E-state index contributed by atoms with van der Waals surface area (Å²) in [4.78, 5) is 16.3. The van der Waals surface area contributed by atoms with Crippen molar-refractivity contribution in [3.8, 4) is 0 Å². The van der Waals surface area contributed by atoms with Crippen LogP contribution in [0.4, 0.5) is 0 Å². The summed E-state index contributed by atoms with van der Waals surface area (Å²) >= 11 is 0. The third-order valence-electron chi connectivity index (χ3n) is 5.62. The van der Waals surface area contributed by atoms with E-state index in [1.54, 1.807) is 10.6 Å². The number of sulfone groups is 1. The van der Waals surface area contributed by atoms with Crippen molar-refractivity contribution in [2.75, 3.05) is 39.5 Å². The van der Waals surface area contributed by atoms with Crippen LogP contribution >= 0.6 is 0 Å². The van der Waals surface area contributed by atoms with Crippen molar-refractivity contribution in [1.29, 1.82) is 0 Å². The lowest BCUT2D eigenvalue weighted by molar-refractivity contribution is 0.229. The van der Waals surface area contributed by atoms with Crippen LogP contribution in [-0.4, -0.2) is 73.6 Å². The van der Waals surface area contributed by atoms with Gasteiger partial charge in [-0.1, -0.05) is 12.1 Å².